The van der Waals surface area contributed by atoms with Gasteiger partial charge in [0.25, 0.3) is 11.8 Å². The van der Waals surface area contributed by atoms with Crippen LogP contribution >= 0.6 is 0 Å². The zero-order valence-electron chi connectivity index (χ0n) is 20.9. The van der Waals surface area contributed by atoms with E-state index in [-0.39, 0.29) is 36.2 Å². The van der Waals surface area contributed by atoms with E-state index in [1.54, 1.807) is 25.1 Å². The van der Waals surface area contributed by atoms with Crippen LogP contribution in [0.15, 0.2) is 85.1 Å². The molecule has 3 N–H and O–H groups in total. The number of nitrogens with one attached hydrogen (secondary N) is 1. The first-order valence-electron chi connectivity index (χ1n) is 12.3. The molecular weight excluding hydrogens is 478 g/mol. The molecule has 8 nitrogen and oxygen atoms in total. The van der Waals surface area contributed by atoms with Crippen LogP contribution in [0, 0.1) is 6.92 Å². The highest BCUT2D eigenvalue weighted by atomic mass is 16.2. The van der Waals surface area contributed by atoms with Crippen LogP contribution in [-0.2, 0) is 17.8 Å². The van der Waals surface area contributed by atoms with Crippen molar-refractivity contribution < 1.29 is 14.4 Å². The first-order chi connectivity index (χ1) is 18.4. The molecule has 3 aromatic carbocycles. The van der Waals surface area contributed by atoms with Gasteiger partial charge in [0.2, 0.25) is 5.91 Å². The zero-order valence-corrected chi connectivity index (χ0v) is 20.9. The first-order valence-corrected chi connectivity index (χ1v) is 12.3. The van der Waals surface area contributed by atoms with E-state index in [1.807, 2.05) is 36.4 Å². The highest BCUT2D eigenvalue weighted by molar-refractivity contribution is 6.21. The van der Waals surface area contributed by atoms with E-state index < -0.39 is 11.8 Å². The van der Waals surface area contributed by atoms with E-state index in [4.69, 9.17) is 5.73 Å². The van der Waals surface area contributed by atoms with E-state index in [9.17, 15) is 14.4 Å². The lowest BCUT2D eigenvalue weighted by molar-refractivity contribution is -0.120. The minimum Gasteiger partial charge on any atom is -0.383 e. The molecule has 1 aliphatic heterocycles. The smallest absolute Gasteiger partial charge is 0.261 e. The predicted molar refractivity (Wildman–Crippen MR) is 143 cm³/mol. The molecule has 1 aliphatic rings. The van der Waals surface area contributed by atoms with Gasteiger partial charge in [0, 0.05) is 24.2 Å². The van der Waals surface area contributed by atoms with Crippen molar-refractivity contribution >= 4 is 23.5 Å². The van der Waals surface area contributed by atoms with Gasteiger partial charge < -0.3 is 11.1 Å². The van der Waals surface area contributed by atoms with E-state index in [0.717, 1.165) is 16.0 Å². The summed E-state index contributed by atoms with van der Waals surface area (Å²) in [6.07, 6.45) is 1.61. The molecule has 0 radical (unpaired) electrons. The van der Waals surface area contributed by atoms with Gasteiger partial charge in [-0.2, -0.15) is 0 Å². The van der Waals surface area contributed by atoms with Crippen LogP contribution in [0.25, 0.3) is 0 Å². The van der Waals surface area contributed by atoms with Gasteiger partial charge in [0.15, 0.2) is 0 Å². The number of aryl methyl sites for hydroxylation is 1. The number of aromatic nitrogens is 2. The monoisotopic (exact) mass is 505 g/mol. The Labute approximate surface area is 220 Å². The lowest BCUT2D eigenvalue weighted by Crippen LogP contribution is -2.30. The summed E-state index contributed by atoms with van der Waals surface area (Å²) >= 11 is 0. The van der Waals surface area contributed by atoms with Gasteiger partial charge in [-0.3, -0.25) is 19.3 Å². The molecule has 5 rings (SSSR count). The van der Waals surface area contributed by atoms with Crippen LogP contribution in [0.5, 0.6) is 0 Å². The molecule has 1 aromatic heterocycles. The predicted octanol–water partition coefficient (Wildman–Crippen LogP) is 3.65. The fourth-order valence-corrected chi connectivity index (χ4v) is 4.66. The van der Waals surface area contributed by atoms with Crippen molar-refractivity contribution in [2.45, 2.75) is 25.8 Å². The Kier molecular flexibility index (Phi) is 6.95. The van der Waals surface area contributed by atoms with Crippen LogP contribution in [-0.4, -0.2) is 39.1 Å². The molecule has 0 atom stereocenters. The van der Waals surface area contributed by atoms with Crippen molar-refractivity contribution in [2.24, 2.45) is 0 Å². The molecule has 190 valence electrons. The molecular formula is C30H27N5O3. The number of amides is 3. The summed E-state index contributed by atoms with van der Waals surface area (Å²) in [7, 11) is 0. The summed E-state index contributed by atoms with van der Waals surface area (Å²) < 4.78 is 0. The average Bonchev–Trinajstić information content (AvgIpc) is 3.15. The van der Waals surface area contributed by atoms with Crippen molar-refractivity contribution in [3.05, 3.63) is 124 Å². The summed E-state index contributed by atoms with van der Waals surface area (Å²) in [6.45, 7) is 2.13. The molecule has 0 aliphatic carbocycles. The molecule has 4 aromatic rings. The third kappa shape index (κ3) is 5.15. The summed E-state index contributed by atoms with van der Waals surface area (Å²) in [6, 6.07) is 25.0. The maximum atomic E-state index is 13.1. The normalized spacial score (nSPS) is 12.6. The van der Waals surface area contributed by atoms with Gasteiger partial charge in [-0.05, 0) is 35.7 Å². The van der Waals surface area contributed by atoms with Crippen molar-refractivity contribution in [1.29, 1.82) is 0 Å². The molecule has 2 heterocycles. The van der Waals surface area contributed by atoms with Crippen molar-refractivity contribution in [2.75, 3.05) is 12.3 Å². The molecule has 0 saturated carbocycles. The number of nitrogens with two attached hydrogens (primary N) is 1. The number of benzene rings is 3. The Morgan fingerprint density at radius 1 is 0.921 bits per heavy atom. The summed E-state index contributed by atoms with van der Waals surface area (Å²) in [5.74, 6) is -0.256. The maximum Gasteiger partial charge on any atom is 0.261 e. The van der Waals surface area contributed by atoms with Gasteiger partial charge in [0.05, 0.1) is 24.1 Å². The minimum atomic E-state index is -0.430. The van der Waals surface area contributed by atoms with Gasteiger partial charge in [-0.1, -0.05) is 66.7 Å². The number of nitrogen functional groups attached to an aromatic ring is 1. The summed E-state index contributed by atoms with van der Waals surface area (Å²) in [5.41, 5.74) is 9.90. The lowest BCUT2D eigenvalue weighted by Gasteiger charge is -2.19. The number of anilines is 1. The number of carbonyl (C=O) groups is 3. The average molecular weight is 506 g/mol. The molecule has 0 saturated heterocycles. The fourth-order valence-electron chi connectivity index (χ4n) is 4.66. The number of fused-ring (bicyclic) bond motifs is 1. The van der Waals surface area contributed by atoms with Crippen molar-refractivity contribution in [1.82, 2.24) is 20.2 Å². The topological polar surface area (TPSA) is 118 Å². The summed E-state index contributed by atoms with van der Waals surface area (Å²) in [4.78, 5) is 48.2. The Morgan fingerprint density at radius 3 is 2.18 bits per heavy atom. The highest BCUT2D eigenvalue weighted by Gasteiger charge is 2.36. The van der Waals surface area contributed by atoms with E-state index in [0.29, 0.717) is 29.1 Å². The largest absolute Gasteiger partial charge is 0.383 e. The number of hydrogen-bond acceptors (Lipinski definition) is 6. The Balaban J connectivity index is 1.27. The number of rotatable bonds is 8. The number of hydrogen-bond donors (Lipinski definition) is 2. The molecule has 38 heavy (non-hydrogen) atoms. The molecule has 3 amide bonds. The van der Waals surface area contributed by atoms with Gasteiger partial charge in [0.1, 0.15) is 11.6 Å². The number of carbonyl (C=O) groups excluding carboxylic acids is 3. The number of nitrogens with zero attached hydrogens (tertiary/aromatic N) is 3. The van der Waals surface area contributed by atoms with E-state index in [2.05, 4.69) is 39.6 Å². The van der Waals surface area contributed by atoms with Crippen LogP contribution in [0.1, 0.15) is 54.7 Å². The Bertz CT molecular complexity index is 1470. The third-order valence-corrected chi connectivity index (χ3v) is 6.65. The second kappa shape index (κ2) is 10.6. The zero-order chi connectivity index (χ0) is 26.6. The van der Waals surface area contributed by atoms with Crippen molar-refractivity contribution in [3.8, 4) is 0 Å². The van der Waals surface area contributed by atoms with Crippen LogP contribution in [0.3, 0.4) is 0 Å². The SMILES string of the molecule is Cc1ncc(CN2C(=O)c3ccc(CC(=O)NCC(c4ccccc4)c4ccccc4)cc3C2=O)c(N)n1. The molecule has 0 unspecified atom stereocenters. The van der Waals surface area contributed by atoms with E-state index >= 15 is 0 Å². The standard InChI is InChI=1S/C30H27N5O3/c1-19-32-16-23(28(31)34-19)18-35-29(37)24-13-12-20(14-25(24)30(35)38)15-27(36)33-17-26(21-8-4-2-5-9-21)22-10-6-3-7-11-22/h2-14,16,26H,15,17-18H2,1H3,(H,33,36)(H2,31,32,34). The maximum absolute atomic E-state index is 13.1. The molecule has 0 spiro atoms. The van der Waals surface area contributed by atoms with Crippen LogP contribution < -0.4 is 11.1 Å². The van der Waals surface area contributed by atoms with Crippen LogP contribution in [0.2, 0.25) is 0 Å². The van der Waals surface area contributed by atoms with E-state index in [1.165, 1.54) is 6.20 Å². The van der Waals surface area contributed by atoms with Gasteiger partial charge in [-0.25, -0.2) is 9.97 Å². The van der Waals surface area contributed by atoms with Crippen LogP contribution in [0.4, 0.5) is 5.82 Å². The van der Waals surface area contributed by atoms with Gasteiger partial charge >= 0.3 is 0 Å². The molecule has 0 fully saturated rings. The third-order valence-electron chi connectivity index (χ3n) is 6.65. The second-order valence-corrected chi connectivity index (χ2v) is 9.26. The highest BCUT2D eigenvalue weighted by Crippen LogP contribution is 2.27. The molecule has 8 heteroatoms. The quantitative estimate of drug-likeness (QED) is 0.353. The van der Waals surface area contributed by atoms with Gasteiger partial charge in [-0.15, -0.1) is 0 Å². The minimum absolute atomic E-state index is 0.00678. The lowest BCUT2D eigenvalue weighted by atomic mass is 9.91. The Hall–Kier alpha value is -4.85. The van der Waals surface area contributed by atoms with Crippen molar-refractivity contribution in [3.63, 3.8) is 0 Å². The first kappa shape index (κ1) is 24.8. The summed E-state index contributed by atoms with van der Waals surface area (Å²) in [5, 5.41) is 3.04. The Morgan fingerprint density at radius 2 is 1.55 bits per heavy atom. The molecule has 0 bridgehead atoms. The fraction of sp³-hybridized carbons (Fsp3) is 0.167. The second-order valence-electron chi connectivity index (χ2n) is 9.26. The number of imide groups is 1.